The van der Waals surface area contributed by atoms with Gasteiger partial charge in [-0.15, -0.1) is 0 Å². The van der Waals surface area contributed by atoms with Crippen molar-refractivity contribution < 1.29 is 14.0 Å². The van der Waals surface area contributed by atoms with Gasteiger partial charge >= 0.3 is 0 Å². The highest BCUT2D eigenvalue weighted by Crippen LogP contribution is 2.31. The van der Waals surface area contributed by atoms with Gasteiger partial charge in [-0.2, -0.15) is 10.1 Å². The second-order valence-electron chi connectivity index (χ2n) is 6.01. The van der Waals surface area contributed by atoms with Crippen molar-refractivity contribution in [3.8, 4) is 22.9 Å². The maximum Gasteiger partial charge on any atom is 0.229 e. The number of ether oxygens (including phenoxy) is 2. The van der Waals surface area contributed by atoms with Crippen molar-refractivity contribution in [3.05, 3.63) is 41.5 Å². The van der Waals surface area contributed by atoms with Gasteiger partial charge in [0.2, 0.25) is 11.7 Å². The van der Waals surface area contributed by atoms with Crippen LogP contribution in [0.4, 0.5) is 0 Å². The predicted molar refractivity (Wildman–Crippen MR) is 93.0 cm³/mol. The highest BCUT2D eigenvalue weighted by molar-refractivity contribution is 5.60. The van der Waals surface area contributed by atoms with E-state index in [0.29, 0.717) is 29.6 Å². The molecule has 7 nitrogen and oxygen atoms in total. The number of benzene rings is 1. The van der Waals surface area contributed by atoms with Crippen LogP contribution in [-0.4, -0.2) is 34.1 Å². The van der Waals surface area contributed by atoms with Gasteiger partial charge in [-0.3, -0.25) is 4.68 Å². The zero-order valence-electron chi connectivity index (χ0n) is 15.1. The SMILES string of the molecule is COc1ccc(-c2noc(CC(C)n3nc(C)cc3C)n2)cc1OC. The van der Waals surface area contributed by atoms with E-state index in [0.717, 1.165) is 17.0 Å². The predicted octanol–water partition coefficient (Wildman–Crippen LogP) is 3.37. The molecular formula is C18H22N4O3. The molecule has 2 aromatic heterocycles. The van der Waals surface area contributed by atoms with Crippen molar-refractivity contribution in [2.75, 3.05) is 14.2 Å². The van der Waals surface area contributed by atoms with Crippen LogP contribution >= 0.6 is 0 Å². The summed E-state index contributed by atoms with van der Waals surface area (Å²) in [5.41, 5.74) is 2.93. The van der Waals surface area contributed by atoms with Gasteiger partial charge in [-0.25, -0.2) is 0 Å². The summed E-state index contributed by atoms with van der Waals surface area (Å²) in [7, 11) is 3.20. The zero-order valence-corrected chi connectivity index (χ0v) is 15.1. The third-order valence-corrected chi connectivity index (χ3v) is 4.04. The fourth-order valence-electron chi connectivity index (χ4n) is 2.86. The maximum atomic E-state index is 5.41. The Hall–Kier alpha value is -2.83. The molecule has 7 heteroatoms. The molecule has 1 aromatic carbocycles. The van der Waals surface area contributed by atoms with E-state index in [-0.39, 0.29) is 6.04 Å². The topological polar surface area (TPSA) is 75.2 Å². The van der Waals surface area contributed by atoms with Crippen molar-refractivity contribution in [1.82, 2.24) is 19.9 Å². The number of hydrogen-bond donors (Lipinski definition) is 0. The van der Waals surface area contributed by atoms with E-state index in [1.54, 1.807) is 14.2 Å². The van der Waals surface area contributed by atoms with Crippen LogP contribution in [0.1, 0.15) is 30.2 Å². The lowest BCUT2D eigenvalue weighted by molar-refractivity contribution is 0.347. The lowest BCUT2D eigenvalue weighted by Gasteiger charge is -2.11. The Balaban J connectivity index is 1.79. The van der Waals surface area contributed by atoms with Crippen LogP contribution in [0.15, 0.2) is 28.8 Å². The Bertz CT molecular complexity index is 869. The molecule has 0 saturated carbocycles. The Morgan fingerprint density at radius 3 is 2.52 bits per heavy atom. The summed E-state index contributed by atoms with van der Waals surface area (Å²) >= 11 is 0. The first-order valence-electron chi connectivity index (χ1n) is 8.09. The maximum absolute atomic E-state index is 5.41. The molecule has 0 aliphatic rings. The average Bonchev–Trinajstić information content (AvgIpc) is 3.20. The number of aromatic nitrogens is 4. The molecule has 132 valence electrons. The molecule has 0 saturated heterocycles. The standard InChI is InChI=1S/C18H22N4O3/c1-11-8-12(2)22(20-11)13(3)9-17-19-18(21-25-17)14-6-7-15(23-4)16(10-14)24-5/h6-8,10,13H,9H2,1-5H3. The van der Waals surface area contributed by atoms with Crippen LogP contribution in [0.5, 0.6) is 11.5 Å². The van der Waals surface area contributed by atoms with Crippen LogP contribution < -0.4 is 9.47 Å². The molecule has 0 fully saturated rings. The van der Waals surface area contributed by atoms with Crippen molar-refractivity contribution in [1.29, 1.82) is 0 Å². The highest BCUT2D eigenvalue weighted by atomic mass is 16.5. The van der Waals surface area contributed by atoms with E-state index in [2.05, 4.69) is 28.2 Å². The fourth-order valence-corrected chi connectivity index (χ4v) is 2.86. The summed E-state index contributed by atoms with van der Waals surface area (Å²) in [6.07, 6.45) is 0.613. The molecule has 25 heavy (non-hydrogen) atoms. The first-order chi connectivity index (χ1) is 12.0. The quantitative estimate of drug-likeness (QED) is 0.684. The number of nitrogens with zero attached hydrogens (tertiary/aromatic N) is 4. The summed E-state index contributed by atoms with van der Waals surface area (Å²) < 4.78 is 18.0. The van der Waals surface area contributed by atoms with Gasteiger partial charge in [0.05, 0.1) is 26.0 Å². The van der Waals surface area contributed by atoms with Crippen LogP contribution in [0.25, 0.3) is 11.4 Å². The Morgan fingerprint density at radius 2 is 1.88 bits per heavy atom. The number of rotatable bonds is 6. The van der Waals surface area contributed by atoms with Crippen molar-refractivity contribution >= 4 is 0 Å². The minimum Gasteiger partial charge on any atom is -0.493 e. The van der Waals surface area contributed by atoms with Gasteiger partial charge in [-0.1, -0.05) is 5.16 Å². The van der Waals surface area contributed by atoms with Crippen LogP contribution in [0, 0.1) is 13.8 Å². The van der Waals surface area contributed by atoms with Crippen molar-refractivity contribution in [2.45, 2.75) is 33.2 Å². The van der Waals surface area contributed by atoms with E-state index < -0.39 is 0 Å². The zero-order chi connectivity index (χ0) is 18.0. The Morgan fingerprint density at radius 1 is 1.12 bits per heavy atom. The van der Waals surface area contributed by atoms with Gasteiger partial charge in [-0.05, 0) is 45.0 Å². The smallest absolute Gasteiger partial charge is 0.229 e. The highest BCUT2D eigenvalue weighted by Gasteiger charge is 2.16. The molecule has 0 bridgehead atoms. The van der Waals surface area contributed by atoms with Crippen molar-refractivity contribution in [2.24, 2.45) is 0 Å². The van der Waals surface area contributed by atoms with Crippen LogP contribution in [0.3, 0.4) is 0 Å². The first-order valence-corrected chi connectivity index (χ1v) is 8.09. The van der Waals surface area contributed by atoms with E-state index in [1.165, 1.54) is 0 Å². The molecule has 0 aliphatic heterocycles. The van der Waals surface area contributed by atoms with Crippen LogP contribution in [-0.2, 0) is 6.42 Å². The van der Waals surface area contributed by atoms with E-state index in [4.69, 9.17) is 14.0 Å². The Kier molecular flexibility index (Phi) is 4.74. The summed E-state index contributed by atoms with van der Waals surface area (Å²) in [6.45, 7) is 6.11. The monoisotopic (exact) mass is 342 g/mol. The lowest BCUT2D eigenvalue weighted by atomic mass is 10.2. The number of hydrogen-bond acceptors (Lipinski definition) is 6. The minimum atomic E-state index is 0.132. The van der Waals surface area contributed by atoms with Crippen LogP contribution in [0.2, 0.25) is 0 Å². The second-order valence-corrected chi connectivity index (χ2v) is 6.01. The molecule has 3 rings (SSSR count). The molecular weight excluding hydrogens is 320 g/mol. The molecule has 0 amide bonds. The molecule has 1 unspecified atom stereocenters. The molecule has 3 aromatic rings. The molecule has 0 aliphatic carbocycles. The third kappa shape index (κ3) is 3.50. The lowest BCUT2D eigenvalue weighted by Crippen LogP contribution is -2.11. The summed E-state index contributed by atoms with van der Waals surface area (Å²) in [6, 6.07) is 7.72. The van der Waals surface area contributed by atoms with E-state index in [1.807, 2.05) is 36.7 Å². The number of aryl methyl sites for hydroxylation is 2. The molecule has 0 radical (unpaired) electrons. The molecule has 0 spiro atoms. The first kappa shape index (κ1) is 17.0. The Labute approximate surface area is 146 Å². The number of methoxy groups -OCH3 is 2. The van der Waals surface area contributed by atoms with Crippen molar-refractivity contribution in [3.63, 3.8) is 0 Å². The average molecular weight is 342 g/mol. The minimum absolute atomic E-state index is 0.132. The van der Waals surface area contributed by atoms with Gasteiger partial charge in [0.15, 0.2) is 11.5 Å². The summed E-state index contributed by atoms with van der Waals surface area (Å²) in [5, 5.41) is 8.59. The van der Waals surface area contributed by atoms with E-state index in [9.17, 15) is 0 Å². The second kappa shape index (κ2) is 6.96. The molecule has 2 heterocycles. The summed E-state index contributed by atoms with van der Waals surface area (Å²) in [5.74, 6) is 2.39. The van der Waals surface area contributed by atoms with Gasteiger partial charge in [0, 0.05) is 17.7 Å². The normalized spacial score (nSPS) is 12.2. The third-order valence-electron chi connectivity index (χ3n) is 4.04. The summed E-state index contributed by atoms with van der Waals surface area (Å²) in [4.78, 5) is 4.50. The van der Waals surface area contributed by atoms with Gasteiger partial charge in [0.1, 0.15) is 0 Å². The fraction of sp³-hybridized carbons (Fsp3) is 0.389. The van der Waals surface area contributed by atoms with E-state index >= 15 is 0 Å². The molecule has 0 N–H and O–H groups in total. The van der Waals surface area contributed by atoms with Gasteiger partial charge < -0.3 is 14.0 Å². The largest absolute Gasteiger partial charge is 0.493 e. The molecule has 1 atom stereocenters. The van der Waals surface area contributed by atoms with Gasteiger partial charge in [0.25, 0.3) is 0 Å².